The highest BCUT2D eigenvalue weighted by molar-refractivity contribution is 5.98. The number of methoxy groups -OCH3 is 1. The van der Waals surface area contributed by atoms with Crippen LogP contribution >= 0.6 is 0 Å². The minimum Gasteiger partial charge on any atom is -0.397 e. The highest BCUT2D eigenvalue weighted by Gasteiger charge is 2.34. The van der Waals surface area contributed by atoms with Crippen LogP contribution in [0.3, 0.4) is 0 Å². The van der Waals surface area contributed by atoms with Gasteiger partial charge in [-0.2, -0.15) is 0 Å². The Morgan fingerprint density at radius 3 is 3.05 bits per heavy atom. The molecule has 104 valence electrons. The van der Waals surface area contributed by atoms with Crippen LogP contribution in [0.5, 0.6) is 0 Å². The molecule has 1 aromatic rings. The summed E-state index contributed by atoms with van der Waals surface area (Å²) in [7, 11) is 1.65. The van der Waals surface area contributed by atoms with Crippen molar-refractivity contribution in [1.82, 2.24) is 4.98 Å². The molecule has 1 aliphatic rings. The molecule has 1 saturated heterocycles. The number of amides is 1. The Kier molecular flexibility index (Phi) is 3.87. The number of carbonyl (C=O) groups is 1. The lowest BCUT2D eigenvalue weighted by Crippen LogP contribution is -2.39. The van der Waals surface area contributed by atoms with Crippen molar-refractivity contribution in [2.45, 2.75) is 12.0 Å². The summed E-state index contributed by atoms with van der Waals surface area (Å²) in [4.78, 5) is 15.3. The van der Waals surface area contributed by atoms with Gasteiger partial charge in [-0.05, 0) is 6.07 Å². The summed E-state index contributed by atoms with van der Waals surface area (Å²) in [5.41, 5.74) is 11.0. The summed E-state index contributed by atoms with van der Waals surface area (Å²) >= 11 is 0. The predicted molar refractivity (Wildman–Crippen MR) is 70.8 cm³/mol. The summed E-state index contributed by atoms with van der Waals surface area (Å²) in [6.07, 6.45) is 2.22. The second-order valence-corrected chi connectivity index (χ2v) is 4.56. The fourth-order valence-electron chi connectivity index (χ4n) is 1.99. The molecule has 2 heterocycles. The molecule has 1 atom stereocenters. The van der Waals surface area contributed by atoms with Crippen LogP contribution in [-0.2, 0) is 9.47 Å². The first-order valence-corrected chi connectivity index (χ1v) is 5.98. The number of nitrogens with two attached hydrogens (primary N) is 2. The van der Waals surface area contributed by atoms with Crippen LogP contribution in [-0.4, -0.2) is 43.4 Å². The Balaban J connectivity index is 2.07. The first-order chi connectivity index (χ1) is 9.06. The van der Waals surface area contributed by atoms with E-state index in [9.17, 15) is 4.79 Å². The monoisotopic (exact) mass is 266 g/mol. The van der Waals surface area contributed by atoms with Crippen molar-refractivity contribution >= 4 is 17.4 Å². The van der Waals surface area contributed by atoms with Crippen molar-refractivity contribution in [1.29, 1.82) is 0 Å². The Bertz CT molecular complexity index is 472. The molecule has 2 rings (SSSR count). The lowest BCUT2D eigenvalue weighted by atomic mass is 10.0. The molecule has 1 fully saturated rings. The van der Waals surface area contributed by atoms with Gasteiger partial charge in [0.25, 0.3) is 5.91 Å². The third-order valence-electron chi connectivity index (χ3n) is 3.29. The quantitative estimate of drug-likeness (QED) is 0.690. The molecule has 0 spiro atoms. The van der Waals surface area contributed by atoms with Crippen LogP contribution in [0.1, 0.15) is 16.8 Å². The summed E-state index contributed by atoms with van der Waals surface area (Å²) in [5.74, 6) is -0.0417. The van der Waals surface area contributed by atoms with Gasteiger partial charge >= 0.3 is 0 Å². The van der Waals surface area contributed by atoms with Gasteiger partial charge in [0.05, 0.1) is 24.1 Å². The third kappa shape index (κ3) is 2.94. The number of hydrogen-bond donors (Lipinski definition) is 3. The molecule has 1 aliphatic heterocycles. The highest BCUT2D eigenvalue weighted by atomic mass is 16.5. The van der Waals surface area contributed by atoms with Gasteiger partial charge in [-0.25, -0.2) is 4.98 Å². The standard InChI is InChI=1S/C12H18N4O3/c1-18-12(2-3-19-7-12)6-16-10-4-8(11(14)17)9(13)5-15-10/h4-5H,2-3,6-7,13H2,1H3,(H2,14,17)(H,15,16). The Morgan fingerprint density at radius 1 is 1.68 bits per heavy atom. The molecule has 0 aliphatic carbocycles. The van der Waals surface area contributed by atoms with Gasteiger partial charge in [0.1, 0.15) is 11.4 Å². The zero-order chi connectivity index (χ0) is 13.9. The Labute approximate surface area is 111 Å². The van der Waals surface area contributed by atoms with E-state index in [1.54, 1.807) is 7.11 Å². The maximum absolute atomic E-state index is 11.2. The van der Waals surface area contributed by atoms with Crippen LogP contribution in [0.4, 0.5) is 11.5 Å². The van der Waals surface area contributed by atoms with Crippen molar-refractivity contribution in [3.63, 3.8) is 0 Å². The van der Waals surface area contributed by atoms with E-state index < -0.39 is 5.91 Å². The van der Waals surface area contributed by atoms with E-state index in [1.165, 1.54) is 12.3 Å². The van der Waals surface area contributed by atoms with E-state index in [0.29, 0.717) is 25.6 Å². The van der Waals surface area contributed by atoms with Gasteiger partial charge in [0, 0.05) is 26.7 Å². The molecule has 5 N–H and O–H groups in total. The lowest BCUT2D eigenvalue weighted by molar-refractivity contribution is -0.00625. The number of aromatic nitrogens is 1. The summed E-state index contributed by atoms with van der Waals surface area (Å²) in [5, 5.41) is 3.12. The minimum absolute atomic E-state index is 0.256. The SMILES string of the molecule is COC1(CNc2cc(C(N)=O)c(N)cn2)CCOC1. The topological polar surface area (TPSA) is 112 Å². The van der Waals surface area contributed by atoms with Crippen molar-refractivity contribution in [2.75, 3.05) is 37.9 Å². The van der Waals surface area contributed by atoms with Gasteiger partial charge in [-0.3, -0.25) is 4.79 Å². The van der Waals surface area contributed by atoms with E-state index in [2.05, 4.69) is 10.3 Å². The largest absolute Gasteiger partial charge is 0.397 e. The van der Waals surface area contributed by atoms with E-state index in [0.717, 1.165) is 6.42 Å². The van der Waals surface area contributed by atoms with Crippen molar-refractivity contribution in [3.8, 4) is 0 Å². The Hall–Kier alpha value is -1.86. The molecular weight excluding hydrogens is 248 g/mol. The number of nitrogens with zero attached hydrogens (tertiary/aromatic N) is 1. The maximum Gasteiger partial charge on any atom is 0.250 e. The zero-order valence-corrected chi connectivity index (χ0v) is 10.8. The minimum atomic E-state index is -0.575. The van der Waals surface area contributed by atoms with Crippen molar-refractivity contribution in [2.24, 2.45) is 5.73 Å². The number of pyridine rings is 1. The fourth-order valence-corrected chi connectivity index (χ4v) is 1.99. The molecule has 1 aromatic heterocycles. The summed E-state index contributed by atoms with van der Waals surface area (Å²) in [6.45, 7) is 1.75. The van der Waals surface area contributed by atoms with Gasteiger partial charge in [-0.15, -0.1) is 0 Å². The maximum atomic E-state index is 11.2. The molecule has 7 heteroatoms. The number of nitrogens with one attached hydrogen (secondary N) is 1. The molecule has 1 unspecified atom stereocenters. The molecule has 19 heavy (non-hydrogen) atoms. The number of anilines is 2. The van der Waals surface area contributed by atoms with Crippen LogP contribution in [0.15, 0.2) is 12.3 Å². The van der Waals surface area contributed by atoms with Crippen LogP contribution in [0.2, 0.25) is 0 Å². The van der Waals surface area contributed by atoms with E-state index in [-0.39, 0.29) is 16.9 Å². The van der Waals surface area contributed by atoms with Gasteiger partial charge in [0.15, 0.2) is 0 Å². The molecule has 1 amide bonds. The van der Waals surface area contributed by atoms with Crippen molar-refractivity contribution < 1.29 is 14.3 Å². The molecule has 0 bridgehead atoms. The molecule has 0 saturated carbocycles. The first-order valence-electron chi connectivity index (χ1n) is 5.98. The fraction of sp³-hybridized carbons (Fsp3) is 0.500. The average molecular weight is 266 g/mol. The zero-order valence-electron chi connectivity index (χ0n) is 10.8. The number of primary amides is 1. The lowest BCUT2D eigenvalue weighted by Gasteiger charge is -2.26. The molecule has 0 aromatic carbocycles. The molecule has 0 radical (unpaired) electrons. The third-order valence-corrected chi connectivity index (χ3v) is 3.29. The number of hydrogen-bond acceptors (Lipinski definition) is 6. The van der Waals surface area contributed by atoms with E-state index >= 15 is 0 Å². The number of nitrogen functional groups attached to an aromatic ring is 1. The number of carbonyl (C=O) groups excluding carboxylic acids is 1. The molecular formula is C12H18N4O3. The highest BCUT2D eigenvalue weighted by Crippen LogP contribution is 2.23. The van der Waals surface area contributed by atoms with Crippen LogP contribution in [0, 0.1) is 0 Å². The normalized spacial score (nSPS) is 22.4. The number of ether oxygens (including phenoxy) is 2. The average Bonchev–Trinajstić information content (AvgIpc) is 2.87. The second kappa shape index (κ2) is 5.41. The summed E-state index contributed by atoms with van der Waals surface area (Å²) < 4.78 is 10.8. The van der Waals surface area contributed by atoms with Gasteiger partial charge in [0.2, 0.25) is 0 Å². The van der Waals surface area contributed by atoms with E-state index in [4.69, 9.17) is 20.9 Å². The Morgan fingerprint density at radius 2 is 2.47 bits per heavy atom. The van der Waals surface area contributed by atoms with Gasteiger partial charge in [-0.1, -0.05) is 0 Å². The van der Waals surface area contributed by atoms with Crippen LogP contribution in [0.25, 0.3) is 0 Å². The van der Waals surface area contributed by atoms with E-state index in [1.807, 2.05) is 0 Å². The summed E-state index contributed by atoms with van der Waals surface area (Å²) in [6, 6.07) is 1.54. The predicted octanol–water partition coefficient (Wildman–Crippen LogP) is -0.0199. The van der Waals surface area contributed by atoms with Crippen LogP contribution < -0.4 is 16.8 Å². The van der Waals surface area contributed by atoms with Gasteiger partial charge < -0.3 is 26.3 Å². The first kappa shape index (κ1) is 13.6. The second-order valence-electron chi connectivity index (χ2n) is 4.56. The van der Waals surface area contributed by atoms with Crippen molar-refractivity contribution in [3.05, 3.63) is 17.8 Å². The smallest absolute Gasteiger partial charge is 0.250 e. The number of rotatable bonds is 5. The molecule has 7 nitrogen and oxygen atoms in total.